The van der Waals surface area contributed by atoms with Crippen LogP contribution in [0.25, 0.3) is 0 Å². The average molecular weight is 329 g/mol. The standard InChI is InChI=1S/C16H24N2O3.ClH/c1-12-3-4-13(9-14(12)20-2)10-18-15(19)16(11-17)5-7-21-8-6-16;/h3-4,9H,5-8,10-11,17H2,1-2H3,(H,18,19);1H. The van der Waals surface area contributed by atoms with Crippen molar-refractivity contribution in [3.8, 4) is 5.75 Å². The summed E-state index contributed by atoms with van der Waals surface area (Å²) in [6.45, 7) is 4.04. The van der Waals surface area contributed by atoms with Gasteiger partial charge in [0, 0.05) is 26.3 Å². The molecule has 0 bridgehead atoms. The summed E-state index contributed by atoms with van der Waals surface area (Å²) in [5.74, 6) is 0.856. The van der Waals surface area contributed by atoms with Crippen LogP contribution in [0.2, 0.25) is 0 Å². The monoisotopic (exact) mass is 328 g/mol. The molecular formula is C16H25ClN2O3. The number of methoxy groups -OCH3 is 1. The average Bonchev–Trinajstić information content (AvgIpc) is 2.54. The van der Waals surface area contributed by atoms with E-state index in [-0.39, 0.29) is 18.3 Å². The zero-order chi connectivity index (χ0) is 15.3. The Kier molecular flexibility index (Phi) is 7.13. The number of aryl methyl sites for hydroxylation is 1. The topological polar surface area (TPSA) is 73.6 Å². The summed E-state index contributed by atoms with van der Waals surface area (Å²) in [5.41, 5.74) is 7.46. The molecule has 0 spiro atoms. The lowest BCUT2D eigenvalue weighted by atomic mass is 9.79. The molecule has 0 aliphatic carbocycles. The highest BCUT2D eigenvalue weighted by atomic mass is 35.5. The van der Waals surface area contributed by atoms with Gasteiger partial charge in [0.1, 0.15) is 5.75 Å². The summed E-state index contributed by atoms with van der Waals surface area (Å²) in [6.07, 6.45) is 1.37. The highest BCUT2D eigenvalue weighted by molar-refractivity contribution is 5.85. The molecule has 0 atom stereocenters. The van der Waals surface area contributed by atoms with Crippen molar-refractivity contribution in [3.05, 3.63) is 29.3 Å². The van der Waals surface area contributed by atoms with Crippen molar-refractivity contribution in [3.63, 3.8) is 0 Å². The van der Waals surface area contributed by atoms with Gasteiger partial charge in [-0.05, 0) is 37.0 Å². The first-order valence-corrected chi connectivity index (χ1v) is 7.31. The van der Waals surface area contributed by atoms with Crippen LogP contribution in [-0.4, -0.2) is 32.8 Å². The Labute approximate surface area is 138 Å². The lowest BCUT2D eigenvalue weighted by molar-refractivity contribution is -0.136. The number of carbonyl (C=O) groups excluding carboxylic acids is 1. The molecule has 1 aliphatic heterocycles. The SMILES string of the molecule is COc1cc(CNC(=O)C2(CN)CCOCC2)ccc1C.Cl. The molecule has 6 heteroatoms. The molecule has 2 rings (SSSR count). The van der Waals surface area contributed by atoms with Crippen molar-refractivity contribution in [2.45, 2.75) is 26.3 Å². The van der Waals surface area contributed by atoms with Gasteiger partial charge in [0.2, 0.25) is 5.91 Å². The Morgan fingerprint density at radius 2 is 2.09 bits per heavy atom. The van der Waals surface area contributed by atoms with Crippen LogP contribution in [0.1, 0.15) is 24.0 Å². The van der Waals surface area contributed by atoms with E-state index in [0.717, 1.165) is 16.9 Å². The minimum Gasteiger partial charge on any atom is -0.496 e. The van der Waals surface area contributed by atoms with Crippen LogP contribution in [0.15, 0.2) is 18.2 Å². The molecule has 22 heavy (non-hydrogen) atoms. The highest BCUT2D eigenvalue weighted by Crippen LogP contribution is 2.29. The molecule has 1 aliphatic rings. The second kappa shape index (κ2) is 8.36. The van der Waals surface area contributed by atoms with Gasteiger partial charge in [0.05, 0.1) is 12.5 Å². The van der Waals surface area contributed by atoms with Gasteiger partial charge in [-0.2, -0.15) is 0 Å². The lowest BCUT2D eigenvalue weighted by Crippen LogP contribution is -2.48. The zero-order valence-electron chi connectivity index (χ0n) is 13.2. The van der Waals surface area contributed by atoms with E-state index in [1.54, 1.807) is 7.11 Å². The minimum absolute atomic E-state index is 0. The number of halogens is 1. The molecule has 5 nitrogen and oxygen atoms in total. The second-order valence-electron chi connectivity index (χ2n) is 5.58. The summed E-state index contributed by atoms with van der Waals surface area (Å²) in [7, 11) is 1.65. The predicted molar refractivity (Wildman–Crippen MR) is 88.4 cm³/mol. The van der Waals surface area contributed by atoms with Crippen molar-refractivity contribution in [1.82, 2.24) is 5.32 Å². The largest absolute Gasteiger partial charge is 0.496 e. The minimum atomic E-state index is -0.479. The summed E-state index contributed by atoms with van der Waals surface area (Å²) in [5, 5.41) is 3.00. The van der Waals surface area contributed by atoms with Crippen LogP contribution in [0, 0.1) is 12.3 Å². The van der Waals surface area contributed by atoms with E-state index >= 15 is 0 Å². The first kappa shape index (κ1) is 18.7. The van der Waals surface area contributed by atoms with Gasteiger partial charge < -0.3 is 20.5 Å². The highest BCUT2D eigenvalue weighted by Gasteiger charge is 2.38. The van der Waals surface area contributed by atoms with Gasteiger partial charge >= 0.3 is 0 Å². The van der Waals surface area contributed by atoms with Gasteiger partial charge in [0.15, 0.2) is 0 Å². The second-order valence-corrected chi connectivity index (χ2v) is 5.58. The van der Waals surface area contributed by atoms with Crippen molar-refractivity contribution in [2.75, 3.05) is 26.9 Å². The molecular weight excluding hydrogens is 304 g/mol. The van der Waals surface area contributed by atoms with Gasteiger partial charge in [-0.15, -0.1) is 12.4 Å². The van der Waals surface area contributed by atoms with Crippen LogP contribution in [0.5, 0.6) is 5.75 Å². The van der Waals surface area contributed by atoms with Crippen LogP contribution < -0.4 is 15.8 Å². The third-order valence-electron chi connectivity index (χ3n) is 4.25. The summed E-state index contributed by atoms with van der Waals surface area (Å²) in [4.78, 5) is 12.5. The molecule has 1 aromatic rings. The maximum absolute atomic E-state index is 12.5. The Morgan fingerprint density at radius 1 is 1.41 bits per heavy atom. The number of amides is 1. The Hall–Kier alpha value is -1.30. The third-order valence-corrected chi connectivity index (χ3v) is 4.25. The van der Waals surface area contributed by atoms with Crippen LogP contribution in [0.4, 0.5) is 0 Å². The number of benzene rings is 1. The van der Waals surface area contributed by atoms with Crippen LogP contribution in [-0.2, 0) is 16.1 Å². The zero-order valence-corrected chi connectivity index (χ0v) is 14.0. The fourth-order valence-electron chi connectivity index (χ4n) is 2.63. The van der Waals surface area contributed by atoms with Gasteiger partial charge in [-0.25, -0.2) is 0 Å². The number of rotatable bonds is 5. The van der Waals surface area contributed by atoms with Gasteiger partial charge in [0.25, 0.3) is 0 Å². The number of hydrogen-bond acceptors (Lipinski definition) is 4. The molecule has 0 saturated carbocycles. The van der Waals surface area contributed by atoms with E-state index in [2.05, 4.69) is 5.32 Å². The quantitative estimate of drug-likeness (QED) is 0.864. The molecule has 0 aromatic heterocycles. The number of nitrogens with two attached hydrogens (primary N) is 1. The third kappa shape index (κ3) is 4.12. The Bertz CT molecular complexity index is 502. The summed E-state index contributed by atoms with van der Waals surface area (Å²) < 4.78 is 10.6. The molecule has 0 radical (unpaired) electrons. The van der Waals surface area contributed by atoms with Crippen molar-refractivity contribution in [2.24, 2.45) is 11.1 Å². The van der Waals surface area contributed by atoms with E-state index in [1.807, 2.05) is 25.1 Å². The van der Waals surface area contributed by atoms with Crippen molar-refractivity contribution in [1.29, 1.82) is 0 Å². The van der Waals surface area contributed by atoms with E-state index in [4.69, 9.17) is 15.2 Å². The smallest absolute Gasteiger partial charge is 0.227 e. The normalized spacial score (nSPS) is 16.5. The molecule has 1 saturated heterocycles. The van der Waals surface area contributed by atoms with Gasteiger partial charge in [-0.3, -0.25) is 4.79 Å². The van der Waals surface area contributed by atoms with Crippen molar-refractivity contribution >= 4 is 18.3 Å². The molecule has 1 heterocycles. The molecule has 3 N–H and O–H groups in total. The molecule has 1 amide bonds. The summed E-state index contributed by atoms with van der Waals surface area (Å²) >= 11 is 0. The lowest BCUT2D eigenvalue weighted by Gasteiger charge is -2.34. The van der Waals surface area contributed by atoms with Crippen LogP contribution in [0.3, 0.4) is 0 Å². The van der Waals surface area contributed by atoms with Crippen molar-refractivity contribution < 1.29 is 14.3 Å². The summed E-state index contributed by atoms with van der Waals surface area (Å²) in [6, 6.07) is 5.94. The Morgan fingerprint density at radius 3 is 2.68 bits per heavy atom. The van der Waals surface area contributed by atoms with Crippen LogP contribution >= 0.6 is 12.4 Å². The van der Waals surface area contributed by atoms with E-state index in [9.17, 15) is 4.79 Å². The molecule has 124 valence electrons. The molecule has 1 fully saturated rings. The van der Waals surface area contributed by atoms with E-state index in [1.165, 1.54) is 0 Å². The number of nitrogens with one attached hydrogen (secondary N) is 1. The van der Waals surface area contributed by atoms with Gasteiger partial charge in [-0.1, -0.05) is 12.1 Å². The number of hydrogen-bond donors (Lipinski definition) is 2. The maximum Gasteiger partial charge on any atom is 0.227 e. The first-order valence-electron chi connectivity index (χ1n) is 7.31. The Balaban J connectivity index is 0.00000242. The predicted octanol–water partition coefficient (Wildman–Crippen LogP) is 1.80. The first-order chi connectivity index (χ1) is 10.1. The van der Waals surface area contributed by atoms with E-state index < -0.39 is 5.41 Å². The molecule has 0 unspecified atom stereocenters. The number of ether oxygens (including phenoxy) is 2. The fourth-order valence-corrected chi connectivity index (χ4v) is 2.63. The molecule has 1 aromatic carbocycles. The maximum atomic E-state index is 12.5. The van der Waals surface area contributed by atoms with E-state index in [0.29, 0.717) is 39.1 Å². The fraction of sp³-hybridized carbons (Fsp3) is 0.562. The number of carbonyl (C=O) groups is 1.